The Morgan fingerprint density at radius 2 is 2.00 bits per heavy atom. The van der Waals surface area contributed by atoms with Crippen molar-refractivity contribution < 1.29 is 4.79 Å². The highest BCUT2D eigenvalue weighted by atomic mass is 32.2. The quantitative estimate of drug-likeness (QED) is 0.779. The van der Waals surface area contributed by atoms with Gasteiger partial charge in [0.15, 0.2) is 0 Å². The molecule has 1 atom stereocenters. The van der Waals surface area contributed by atoms with Crippen LogP contribution >= 0.6 is 23.1 Å². The zero-order valence-electron chi connectivity index (χ0n) is 13.1. The van der Waals surface area contributed by atoms with E-state index in [4.69, 9.17) is 0 Å². The van der Waals surface area contributed by atoms with Crippen molar-refractivity contribution in [1.29, 1.82) is 0 Å². The molecule has 23 heavy (non-hydrogen) atoms. The van der Waals surface area contributed by atoms with Crippen molar-refractivity contribution in [3.63, 3.8) is 0 Å². The number of aryl methyl sites for hydroxylation is 2. The fourth-order valence-electron chi connectivity index (χ4n) is 3.50. The molecule has 0 spiro atoms. The van der Waals surface area contributed by atoms with Crippen LogP contribution in [0.15, 0.2) is 35.2 Å². The molecule has 1 aliphatic carbocycles. The van der Waals surface area contributed by atoms with E-state index in [1.807, 2.05) is 11.8 Å². The first-order chi connectivity index (χ1) is 11.3. The number of carbonyl (C=O) groups is 1. The van der Waals surface area contributed by atoms with Crippen LogP contribution in [0.25, 0.3) is 0 Å². The van der Waals surface area contributed by atoms with E-state index in [0.717, 1.165) is 29.9 Å². The first-order valence-electron chi connectivity index (χ1n) is 8.45. The second-order valence-corrected chi connectivity index (χ2v) is 8.59. The third-order valence-electron chi connectivity index (χ3n) is 4.73. The van der Waals surface area contributed by atoms with Gasteiger partial charge in [0, 0.05) is 15.5 Å². The molecule has 4 rings (SSSR count). The van der Waals surface area contributed by atoms with Crippen LogP contribution in [-0.2, 0) is 12.8 Å². The van der Waals surface area contributed by atoms with Gasteiger partial charge in [0.1, 0.15) is 0 Å². The fourth-order valence-corrected chi connectivity index (χ4v) is 5.78. The van der Waals surface area contributed by atoms with E-state index in [1.54, 1.807) is 11.3 Å². The average molecular weight is 344 g/mol. The van der Waals surface area contributed by atoms with Crippen LogP contribution in [0.1, 0.15) is 57.4 Å². The summed E-state index contributed by atoms with van der Waals surface area (Å²) in [4.78, 5) is 16.4. The Morgan fingerprint density at radius 1 is 1.13 bits per heavy atom. The third kappa shape index (κ3) is 3.20. The lowest BCUT2D eigenvalue weighted by molar-refractivity contribution is 0.0939. The molecule has 0 saturated heterocycles. The number of hydrogen-bond acceptors (Lipinski definition) is 3. The van der Waals surface area contributed by atoms with E-state index in [0.29, 0.717) is 0 Å². The molecule has 2 nitrogen and oxygen atoms in total. The van der Waals surface area contributed by atoms with Crippen molar-refractivity contribution in [2.24, 2.45) is 0 Å². The maximum atomic E-state index is 12.7. The SMILES string of the molecule is O=C(NC1CCSc2ccccc21)c1cc2c(s1)CCCCC2. The monoisotopic (exact) mass is 343 g/mol. The summed E-state index contributed by atoms with van der Waals surface area (Å²) in [7, 11) is 0. The highest BCUT2D eigenvalue weighted by Gasteiger charge is 2.24. The van der Waals surface area contributed by atoms with Crippen LogP contribution in [0, 0.1) is 0 Å². The van der Waals surface area contributed by atoms with Crippen LogP contribution in [-0.4, -0.2) is 11.7 Å². The number of benzene rings is 1. The molecule has 120 valence electrons. The molecule has 2 aromatic rings. The van der Waals surface area contributed by atoms with Crippen LogP contribution in [0.5, 0.6) is 0 Å². The predicted molar refractivity (Wildman–Crippen MR) is 97.6 cm³/mol. The van der Waals surface area contributed by atoms with Gasteiger partial charge in [0.25, 0.3) is 5.91 Å². The van der Waals surface area contributed by atoms with Gasteiger partial charge in [-0.15, -0.1) is 23.1 Å². The minimum Gasteiger partial charge on any atom is -0.344 e. The third-order valence-corrected chi connectivity index (χ3v) is 7.09. The standard InChI is InChI=1S/C19H21NOS2/c21-19(18-12-13-6-2-1-3-8-16(13)23-18)20-15-10-11-22-17-9-5-4-7-14(15)17/h4-5,7,9,12,15H,1-3,6,8,10-11H2,(H,20,21). The van der Waals surface area contributed by atoms with Gasteiger partial charge in [-0.05, 0) is 55.4 Å². The molecule has 1 aromatic carbocycles. The smallest absolute Gasteiger partial charge is 0.261 e. The van der Waals surface area contributed by atoms with Gasteiger partial charge in [0.05, 0.1) is 10.9 Å². The second kappa shape index (κ2) is 6.70. The predicted octanol–water partition coefficient (Wildman–Crippen LogP) is 4.98. The number of fused-ring (bicyclic) bond motifs is 2. The molecule has 2 aliphatic rings. The molecular weight excluding hydrogens is 322 g/mol. The lowest BCUT2D eigenvalue weighted by Crippen LogP contribution is -2.30. The van der Waals surface area contributed by atoms with Crippen LogP contribution in [0.2, 0.25) is 0 Å². The number of nitrogens with one attached hydrogen (secondary N) is 1. The number of thioether (sulfide) groups is 1. The topological polar surface area (TPSA) is 29.1 Å². The van der Waals surface area contributed by atoms with E-state index >= 15 is 0 Å². The number of thiophene rings is 1. The number of carbonyl (C=O) groups excluding carboxylic acids is 1. The first kappa shape index (κ1) is 15.3. The van der Waals surface area contributed by atoms with E-state index in [1.165, 1.54) is 40.2 Å². The summed E-state index contributed by atoms with van der Waals surface area (Å²) in [6, 6.07) is 10.7. The molecule has 0 bridgehead atoms. The van der Waals surface area contributed by atoms with Crippen molar-refractivity contribution in [3.05, 3.63) is 51.2 Å². The molecule has 1 aliphatic heterocycles. The molecule has 0 fully saturated rings. The summed E-state index contributed by atoms with van der Waals surface area (Å²) in [5, 5.41) is 3.27. The summed E-state index contributed by atoms with van der Waals surface area (Å²) < 4.78 is 0. The normalized spacial score (nSPS) is 20.3. The van der Waals surface area contributed by atoms with Gasteiger partial charge >= 0.3 is 0 Å². The molecule has 2 heterocycles. The molecular formula is C19H21NOS2. The van der Waals surface area contributed by atoms with Gasteiger partial charge < -0.3 is 5.32 Å². The first-order valence-corrected chi connectivity index (χ1v) is 10.3. The molecule has 1 amide bonds. The van der Waals surface area contributed by atoms with Crippen molar-refractivity contribution >= 4 is 29.0 Å². The van der Waals surface area contributed by atoms with Gasteiger partial charge in [-0.25, -0.2) is 0 Å². The second-order valence-electron chi connectivity index (χ2n) is 6.32. The lowest BCUT2D eigenvalue weighted by Gasteiger charge is -2.25. The van der Waals surface area contributed by atoms with E-state index in [-0.39, 0.29) is 11.9 Å². The highest BCUT2D eigenvalue weighted by molar-refractivity contribution is 7.99. The Bertz CT molecular complexity index is 698. The molecule has 0 saturated carbocycles. The molecule has 4 heteroatoms. The highest BCUT2D eigenvalue weighted by Crippen LogP contribution is 2.36. The zero-order chi connectivity index (χ0) is 15.6. The number of hydrogen-bond donors (Lipinski definition) is 1. The number of rotatable bonds is 2. The fraction of sp³-hybridized carbons (Fsp3) is 0.421. The van der Waals surface area contributed by atoms with Gasteiger partial charge in [0.2, 0.25) is 0 Å². The maximum Gasteiger partial charge on any atom is 0.261 e. The van der Waals surface area contributed by atoms with Crippen LogP contribution in [0.3, 0.4) is 0 Å². The van der Waals surface area contributed by atoms with E-state index < -0.39 is 0 Å². The Labute approximate surface area is 145 Å². The van der Waals surface area contributed by atoms with E-state index in [2.05, 4.69) is 35.6 Å². The summed E-state index contributed by atoms with van der Waals surface area (Å²) in [6.45, 7) is 0. The minimum absolute atomic E-state index is 0.106. The van der Waals surface area contributed by atoms with Crippen molar-refractivity contribution in [1.82, 2.24) is 5.32 Å². The van der Waals surface area contributed by atoms with Crippen molar-refractivity contribution in [3.8, 4) is 0 Å². The summed E-state index contributed by atoms with van der Waals surface area (Å²) in [5.41, 5.74) is 2.69. The molecule has 1 N–H and O–H groups in total. The minimum atomic E-state index is 0.106. The van der Waals surface area contributed by atoms with Crippen molar-refractivity contribution in [2.45, 2.75) is 49.5 Å². The number of amides is 1. The Balaban J connectivity index is 1.53. The van der Waals surface area contributed by atoms with Gasteiger partial charge in [-0.3, -0.25) is 4.79 Å². The largest absolute Gasteiger partial charge is 0.344 e. The average Bonchev–Trinajstić information content (AvgIpc) is 2.86. The Hall–Kier alpha value is -1.26. The molecule has 1 unspecified atom stereocenters. The maximum absolute atomic E-state index is 12.7. The lowest BCUT2D eigenvalue weighted by atomic mass is 10.0. The zero-order valence-corrected chi connectivity index (χ0v) is 14.8. The Morgan fingerprint density at radius 3 is 2.96 bits per heavy atom. The summed E-state index contributed by atoms with van der Waals surface area (Å²) in [5.74, 6) is 1.18. The summed E-state index contributed by atoms with van der Waals surface area (Å²) in [6.07, 6.45) is 7.15. The van der Waals surface area contributed by atoms with Crippen molar-refractivity contribution in [2.75, 3.05) is 5.75 Å². The summed E-state index contributed by atoms with van der Waals surface area (Å²) >= 11 is 3.60. The van der Waals surface area contributed by atoms with Crippen LogP contribution in [0.4, 0.5) is 0 Å². The molecule has 0 radical (unpaired) electrons. The van der Waals surface area contributed by atoms with Gasteiger partial charge in [-0.2, -0.15) is 0 Å². The Kier molecular flexibility index (Phi) is 4.45. The molecule has 1 aromatic heterocycles. The van der Waals surface area contributed by atoms with Crippen LogP contribution < -0.4 is 5.32 Å². The van der Waals surface area contributed by atoms with Gasteiger partial charge in [-0.1, -0.05) is 24.6 Å². The van der Waals surface area contributed by atoms with E-state index in [9.17, 15) is 4.79 Å².